The summed E-state index contributed by atoms with van der Waals surface area (Å²) in [7, 11) is 1.61. The van der Waals surface area contributed by atoms with Crippen molar-refractivity contribution in [3.05, 3.63) is 0 Å². The van der Waals surface area contributed by atoms with E-state index in [0.717, 1.165) is 0 Å². The van der Waals surface area contributed by atoms with Crippen molar-refractivity contribution < 1.29 is 14.7 Å². The number of rotatable bonds is 3. The van der Waals surface area contributed by atoms with E-state index in [4.69, 9.17) is 5.11 Å². The van der Waals surface area contributed by atoms with E-state index in [1.807, 2.05) is 0 Å². The minimum absolute atomic E-state index is 0.0494. The average Bonchev–Trinajstić information content (AvgIpc) is 2.13. The van der Waals surface area contributed by atoms with Crippen LogP contribution in [0.3, 0.4) is 0 Å². The molecular formula is C8H14N2O3. The van der Waals surface area contributed by atoms with Crippen LogP contribution in [0.25, 0.3) is 0 Å². The first-order valence-electron chi connectivity index (χ1n) is 4.32. The summed E-state index contributed by atoms with van der Waals surface area (Å²) in [6, 6.07) is 0. The van der Waals surface area contributed by atoms with E-state index in [2.05, 4.69) is 0 Å². The van der Waals surface area contributed by atoms with Crippen molar-refractivity contribution in [1.29, 1.82) is 0 Å². The maximum absolute atomic E-state index is 11.3. The zero-order chi connectivity index (χ0) is 9.84. The molecule has 0 bridgehead atoms. The molecule has 0 spiro atoms. The Kier molecular flexibility index (Phi) is 3.25. The second-order valence-electron chi connectivity index (χ2n) is 3.10. The first kappa shape index (κ1) is 9.98. The molecule has 0 aromatic carbocycles. The van der Waals surface area contributed by atoms with Crippen molar-refractivity contribution in [1.82, 2.24) is 9.80 Å². The predicted octanol–water partition coefficient (Wildman–Crippen LogP) is -1.33. The number of hydrogen-bond donors (Lipinski definition) is 1. The molecule has 0 aromatic rings. The topological polar surface area (TPSA) is 60.9 Å². The van der Waals surface area contributed by atoms with Gasteiger partial charge in [0.1, 0.15) is 0 Å². The molecule has 1 aliphatic rings. The fraction of sp³-hybridized carbons (Fsp3) is 0.750. The maximum atomic E-state index is 11.3. The average molecular weight is 186 g/mol. The largest absolute Gasteiger partial charge is 0.396 e. The lowest BCUT2D eigenvalue weighted by atomic mass is 10.3. The molecule has 1 N–H and O–H groups in total. The zero-order valence-corrected chi connectivity index (χ0v) is 7.69. The van der Waals surface area contributed by atoms with E-state index in [1.54, 1.807) is 7.05 Å². The Bertz CT molecular complexity index is 215. The third-order valence-electron chi connectivity index (χ3n) is 2.11. The van der Waals surface area contributed by atoms with E-state index >= 15 is 0 Å². The molecule has 1 rings (SSSR count). The molecule has 0 aromatic heterocycles. The number of carbonyl (C=O) groups is 2. The van der Waals surface area contributed by atoms with E-state index in [9.17, 15) is 9.59 Å². The standard InChI is InChI=1S/C8H14N2O3/c1-9-4-5-10(3-2-6-11)8(13)7(9)12/h11H,2-6H2,1H3. The first-order valence-corrected chi connectivity index (χ1v) is 4.32. The van der Waals surface area contributed by atoms with Gasteiger partial charge in [0.25, 0.3) is 0 Å². The molecule has 74 valence electrons. The molecule has 1 fully saturated rings. The summed E-state index contributed by atoms with van der Waals surface area (Å²) in [5, 5.41) is 8.57. The summed E-state index contributed by atoms with van der Waals surface area (Å²) in [6.45, 7) is 1.67. The van der Waals surface area contributed by atoms with Gasteiger partial charge in [0.15, 0.2) is 0 Å². The van der Waals surface area contributed by atoms with Crippen molar-refractivity contribution in [2.45, 2.75) is 6.42 Å². The van der Waals surface area contributed by atoms with Crippen LogP contribution in [0.15, 0.2) is 0 Å². The van der Waals surface area contributed by atoms with E-state index in [0.29, 0.717) is 26.1 Å². The Morgan fingerprint density at radius 3 is 2.62 bits per heavy atom. The van der Waals surface area contributed by atoms with E-state index in [1.165, 1.54) is 9.80 Å². The molecule has 1 heterocycles. The van der Waals surface area contributed by atoms with E-state index < -0.39 is 11.8 Å². The Morgan fingerprint density at radius 1 is 1.31 bits per heavy atom. The number of aliphatic hydroxyl groups excluding tert-OH is 1. The lowest BCUT2D eigenvalue weighted by Crippen LogP contribution is -2.52. The first-order chi connectivity index (χ1) is 6.16. The number of likely N-dealkylation sites (N-methyl/N-ethyl adjacent to an activating group) is 1. The molecule has 1 saturated heterocycles. The molecular weight excluding hydrogens is 172 g/mol. The van der Waals surface area contributed by atoms with Crippen LogP contribution in [0.5, 0.6) is 0 Å². The molecule has 0 unspecified atom stereocenters. The zero-order valence-electron chi connectivity index (χ0n) is 7.69. The summed E-state index contributed by atoms with van der Waals surface area (Å²) in [5.74, 6) is -0.911. The molecule has 5 nitrogen and oxygen atoms in total. The summed E-state index contributed by atoms with van der Waals surface area (Å²) in [4.78, 5) is 25.4. The molecule has 2 amide bonds. The number of piperazine rings is 1. The fourth-order valence-corrected chi connectivity index (χ4v) is 1.25. The van der Waals surface area contributed by atoms with Crippen molar-refractivity contribution >= 4 is 11.8 Å². The minimum atomic E-state index is -0.456. The number of amides is 2. The fourth-order valence-electron chi connectivity index (χ4n) is 1.25. The van der Waals surface area contributed by atoms with Gasteiger partial charge in [-0.3, -0.25) is 9.59 Å². The van der Waals surface area contributed by atoms with Crippen LogP contribution in [-0.2, 0) is 9.59 Å². The van der Waals surface area contributed by atoms with Gasteiger partial charge in [-0.15, -0.1) is 0 Å². The van der Waals surface area contributed by atoms with Gasteiger partial charge in [0, 0.05) is 33.3 Å². The highest BCUT2D eigenvalue weighted by Crippen LogP contribution is 2.03. The smallest absolute Gasteiger partial charge is 0.312 e. The summed E-state index contributed by atoms with van der Waals surface area (Å²) in [5.41, 5.74) is 0. The highest BCUT2D eigenvalue weighted by molar-refractivity contribution is 6.35. The van der Waals surface area contributed by atoms with Gasteiger partial charge in [0.2, 0.25) is 0 Å². The Hall–Kier alpha value is -1.10. The Labute approximate surface area is 76.9 Å². The van der Waals surface area contributed by atoms with Crippen LogP contribution in [0, 0.1) is 0 Å². The summed E-state index contributed by atoms with van der Waals surface area (Å²) in [6.07, 6.45) is 0.530. The highest BCUT2D eigenvalue weighted by atomic mass is 16.3. The van der Waals surface area contributed by atoms with Crippen LogP contribution in [-0.4, -0.2) is 60.0 Å². The Morgan fingerprint density at radius 2 is 2.00 bits per heavy atom. The van der Waals surface area contributed by atoms with Gasteiger partial charge in [-0.05, 0) is 6.42 Å². The van der Waals surface area contributed by atoms with Gasteiger partial charge < -0.3 is 14.9 Å². The number of hydrogen-bond acceptors (Lipinski definition) is 3. The monoisotopic (exact) mass is 186 g/mol. The molecule has 0 saturated carbocycles. The van der Waals surface area contributed by atoms with Crippen LogP contribution >= 0.6 is 0 Å². The van der Waals surface area contributed by atoms with Gasteiger partial charge in [0.05, 0.1) is 0 Å². The van der Waals surface area contributed by atoms with Gasteiger partial charge in [-0.25, -0.2) is 0 Å². The highest BCUT2D eigenvalue weighted by Gasteiger charge is 2.29. The molecule has 5 heteroatoms. The molecule has 0 aliphatic carbocycles. The van der Waals surface area contributed by atoms with Crippen LogP contribution in [0.1, 0.15) is 6.42 Å². The van der Waals surface area contributed by atoms with Crippen molar-refractivity contribution in [2.75, 3.05) is 33.3 Å². The molecule has 0 atom stereocenters. The second kappa shape index (κ2) is 4.23. The van der Waals surface area contributed by atoms with Gasteiger partial charge in [-0.1, -0.05) is 0 Å². The number of nitrogens with zero attached hydrogens (tertiary/aromatic N) is 2. The van der Waals surface area contributed by atoms with Crippen LogP contribution in [0.4, 0.5) is 0 Å². The molecule has 13 heavy (non-hydrogen) atoms. The van der Waals surface area contributed by atoms with Crippen LogP contribution in [0.2, 0.25) is 0 Å². The van der Waals surface area contributed by atoms with Gasteiger partial charge >= 0.3 is 11.8 Å². The molecule has 1 aliphatic heterocycles. The third-order valence-corrected chi connectivity index (χ3v) is 2.11. The quantitative estimate of drug-likeness (QED) is 0.555. The summed E-state index contributed by atoms with van der Waals surface area (Å²) >= 11 is 0. The van der Waals surface area contributed by atoms with E-state index in [-0.39, 0.29) is 6.61 Å². The van der Waals surface area contributed by atoms with Gasteiger partial charge in [-0.2, -0.15) is 0 Å². The minimum Gasteiger partial charge on any atom is -0.396 e. The Balaban J connectivity index is 2.49. The maximum Gasteiger partial charge on any atom is 0.312 e. The summed E-state index contributed by atoms with van der Waals surface area (Å²) < 4.78 is 0. The predicted molar refractivity (Wildman–Crippen MR) is 45.9 cm³/mol. The number of carbonyl (C=O) groups excluding carboxylic acids is 2. The third kappa shape index (κ3) is 2.18. The van der Waals surface area contributed by atoms with Crippen molar-refractivity contribution in [3.63, 3.8) is 0 Å². The number of aliphatic hydroxyl groups is 1. The second-order valence-corrected chi connectivity index (χ2v) is 3.10. The lowest BCUT2D eigenvalue weighted by Gasteiger charge is -2.31. The molecule has 0 radical (unpaired) electrons. The SMILES string of the molecule is CN1CCN(CCCO)C(=O)C1=O. The van der Waals surface area contributed by atoms with Crippen molar-refractivity contribution in [2.24, 2.45) is 0 Å². The van der Waals surface area contributed by atoms with Crippen LogP contribution < -0.4 is 0 Å². The normalized spacial score (nSPS) is 18.3. The van der Waals surface area contributed by atoms with Crippen molar-refractivity contribution in [3.8, 4) is 0 Å². The lowest BCUT2D eigenvalue weighted by molar-refractivity contribution is -0.155.